The van der Waals surface area contributed by atoms with Gasteiger partial charge < -0.3 is 10.6 Å². The quantitative estimate of drug-likeness (QED) is 0.599. The van der Waals surface area contributed by atoms with Crippen LogP contribution in [0.1, 0.15) is 35.6 Å². The predicted octanol–water partition coefficient (Wildman–Crippen LogP) is 4.30. The molecule has 2 atom stereocenters. The third kappa shape index (κ3) is 4.80. The van der Waals surface area contributed by atoms with Gasteiger partial charge >= 0.3 is 0 Å². The molecular weight excluding hydrogens is 414 g/mol. The number of anilines is 2. The molecular formula is C27H27N3O3. The van der Waals surface area contributed by atoms with Crippen molar-refractivity contribution >= 4 is 29.1 Å². The number of benzene rings is 3. The fraction of sp³-hybridized carbons (Fsp3) is 0.222. The number of para-hydroxylation sites is 2. The van der Waals surface area contributed by atoms with E-state index >= 15 is 0 Å². The van der Waals surface area contributed by atoms with E-state index in [0.29, 0.717) is 24.1 Å². The Morgan fingerprint density at radius 2 is 1.52 bits per heavy atom. The van der Waals surface area contributed by atoms with Crippen LogP contribution in [0.25, 0.3) is 0 Å². The first-order valence-corrected chi connectivity index (χ1v) is 11.0. The van der Waals surface area contributed by atoms with E-state index in [-0.39, 0.29) is 17.7 Å². The number of hydrogen-bond donors (Lipinski definition) is 2. The second-order valence-electron chi connectivity index (χ2n) is 8.27. The number of carbonyl (C=O) groups excluding carboxylic acids is 3. The lowest BCUT2D eigenvalue weighted by Crippen LogP contribution is -2.49. The van der Waals surface area contributed by atoms with Gasteiger partial charge in [-0.25, -0.2) is 0 Å². The van der Waals surface area contributed by atoms with Crippen molar-refractivity contribution in [3.8, 4) is 0 Å². The number of carbonyl (C=O) groups is 3. The van der Waals surface area contributed by atoms with Gasteiger partial charge in [0.1, 0.15) is 12.1 Å². The molecule has 6 heteroatoms. The van der Waals surface area contributed by atoms with Crippen LogP contribution in [0.5, 0.6) is 0 Å². The number of rotatable bonds is 6. The SMILES string of the molecule is Cc1cccc(C)c1NC(=O)C(c1ccccc1)N(C(=O)C1CCC(=O)N1)c1ccccc1. The monoisotopic (exact) mass is 441 g/mol. The highest BCUT2D eigenvalue weighted by atomic mass is 16.2. The van der Waals surface area contributed by atoms with Crippen molar-refractivity contribution < 1.29 is 14.4 Å². The van der Waals surface area contributed by atoms with Crippen molar-refractivity contribution in [2.24, 2.45) is 0 Å². The van der Waals surface area contributed by atoms with E-state index in [1.807, 2.05) is 80.6 Å². The minimum Gasteiger partial charge on any atom is -0.344 e. The Morgan fingerprint density at radius 3 is 2.09 bits per heavy atom. The Balaban J connectivity index is 1.79. The molecule has 1 heterocycles. The van der Waals surface area contributed by atoms with Crippen LogP contribution in [0.3, 0.4) is 0 Å². The normalized spacial score (nSPS) is 16.1. The molecule has 0 aliphatic carbocycles. The smallest absolute Gasteiger partial charge is 0.252 e. The lowest BCUT2D eigenvalue weighted by atomic mass is 10.0. The molecule has 1 saturated heterocycles. The van der Waals surface area contributed by atoms with Gasteiger partial charge in [0.25, 0.3) is 11.8 Å². The largest absolute Gasteiger partial charge is 0.344 e. The lowest BCUT2D eigenvalue weighted by Gasteiger charge is -2.33. The zero-order chi connectivity index (χ0) is 23.4. The minimum atomic E-state index is -0.919. The van der Waals surface area contributed by atoms with Crippen LogP contribution in [0.4, 0.5) is 11.4 Å². The molecule has 168 valence electrons. The molecule has 2 N–H and O–H groups in total. The average molecular weight is 442 g/mol. The number of nitrogens with zero attached hydrogens (tertiary/aromatic N) is 1. The highest BCUT2D eigenvalue weighted by Crippen LogP contribution is 2.31. The number of aryl methyl sites for hydroxylation is 2. The molecule has 3 aromatic carbocycles. The Kier molecular flexibility index (Phi) is 6.54. The average Bonchev–Trinajstić information content (AvgIpc) is 3.27. The Labute approximate surface area is 193 Å². The number of nitrogens with one attached hydrogen (secondary N) is 2. The number of amides is 3. The highest BCUT2D eigenvalue weighted by Gasteiger charge is 2.38. The molecule has 3 aromatic rings. The molecule has 0 saturated carbocycles. The maximum atomic E-state index is 13.8. The predicted molar refractivity (Wildman–Crippen MR) is 129 cm³/mol. The van der Waals surface area contributed by atoms with Crippen LogP contribution in [0.2, 0.25) is 0 Å². The summed E-state index contributed by atoms with van der Waals surface area (Å²) in [5.41, 5.74) is 3.89. The Morgan fingerprint density at radius 1 is 0.909 bits per heavy atom. The van der Waals surface area contributed by atoms with E-state index in [2.05, 4.69) is 10.6 Å². The third-order valence-corrected chi connectivity index (χ3v) is 5.92. The molecule has 0 bridgehead atoms. The van der Waals surface area contributed by atoms with Gasteiger partial charge in [-0.3, -0.25) is 19.3 Å². The maximum absolute atomic E-state index is 13.8. The summed E-state index contributed by atoms with van der Waals surface area (Å²) in [6.07, 6.45) is 0.699. The van der Waals surface area contributed by atoms with Gasteiger partial charge in [-0.05, 0) is 49.1 Å². The van der Waals surface area contributed by atoms with E-state index in [4.69, 9.17) is 0 Å². The molecule has 3 amide bonds. The van der Waals surface area contributed by atoms with Crippen LogP contribution < -0.4 is 15.5 Å². The molecule has 33 heavy (non-hydrogen) atoms. The van der Waals surface area contributed by atoms with Crippen LogP contribution >= 0.6 is 0 Å². The fourth-order valence-corrected chi connectivity index (χ4v) is 4.22. The van der Waals surface area contributed by atoms with Crippen molar-refractivity contribution in [1.82, 2.24) is 5.32 Å². The van der Waals surface area contributed by atoms with Gasteiger partial charge in [-0.2, -0.15) is 0 Å². The third-order valence-electron chi connectivity index (χ3n) is 5.92. The first-order valence-electron chi connectivity index (χ1n) is 11.0. The van der Waals surface area contributed by atoms with E-state index in [1.54, 1.807) is 12.1 Å². The van der Waals surface area contributed by atoms with Crippen molar-refractivity contribution in [1.29, 1.82) is 0 Å². The molecule has 2 unspecified atom stereocenters. The summed E-state index contributed by atoms with van der Waals surface area (Å²) in [6, 6.07) is 22.6. The maximum Gasteiger partial charge on any atom is 0.252 e. The summed E-state index contributed by atoms with van der Waals surface area (Å²) in [7, 11) is 0. The van der Waals surface area contributed by atoms with Gasteiger partial charge in [0.15, 0.2) is 0 Å². The standard InChI is InChI=1S/C27H27N3O3/c1-18-10-9-11-19(2)24(18)29-26(32)25(20-12-5-3-6-13-20)30(21-14-7-4-8-15-21)27(33)22-16-17-23(31)28-22/h3-15,22,25H,16-17H2,1-2H3,(H,28,31)(H,29,32). The zero-order valence-electron chi connectivity index (χ0n) is 18.7. The second kappa shape index (κ2) is 9.69. The molecule has 4 rings (SSSR count). The molecule has 6 nitrogen and oxygen atoms in total. The fourth-order valence-electron chi connectivity index (χ4n) is 4.22. The van der Waals surface area contributed by atoms with Gasteiger partial charge in [-0.15, -0.1) is 0 Å². The van der Waals surface area contributed by atoms with Gasteiger partial charge in [0, 0.05) is 17.8 Å². The molecule has 1 aliphatic heterocycles. The Hall–Kier alpha value is -3.93. The van der Waals surface area contributed by atoms with Crippen molar-refractivity contribution in [2.45, 2.75) is 38.8 Å². The van der Waals surface area contributed by atoms with Crippen molar-refractivity contribution in [2.75, 3.05) is 10.2 Å². The molecule has 0 aromatic heterocycles. The van der Waals surface area contributed by atoms with Crippen LogP contribution in [0, 0.1) is 13.8 Å². The van der Waals surface area contributed by atoms with Gasteiger partial charge in [-0.1, -0.05) is 66.7 Å². The minimum absolute atomic E-state index is 0.155. The first-order chi connectivity index (χ1) is 16.0. The van der Waals surface area contributed by atoms with Crippen molar-refractivity contribution in [3.05, 3.63) is 95.6 Å². The van der Waals surface area contributed by atoms with E-state index < -0.39 is 12.1 Å². The summed E-state index contributed by atoms with van der Waals surface area (Å²) >= 11 is 0. The van der Waals surface area contributed by atoms with Crippen molar-refractivity contribution in [3.63, 3.8) is 0 Å². The van der Waals surface area contributed by atoms with E-state index in [9.17, 15) is 14.4 Å². The van der Waals surface area contributed by atoms with E-state index in [0.717, 1.165) is 16.8 Å². The summed E-state index contributed by atoms with van der Waals surface area (Å²) in [5.74, 6) is -0.782. The first kappa shape index (κ1) is 22.3. The topological polar surface area (TPSA) is 78.5 Å². The summed E-state index contributed by atoms with van der Waals surface area (Å²) in [4.78, 5) is 40.9. The summed E-state index contributed by atoms with van der Waals surface area (Å²) in [5, 5.41) is 5.82. The lowest BCUT2D eigenvalue weighted by molar-refractivity contribution is -0.126. The number of hydrogen-bond acceptors (Lipinski definition) is 3. The summed E-state index contributed by atoms with van der Waals surface area (Å²) in [6.45, 7) is 3.88. The van der Waals surface area contributed by atoms with Gasteiger partial charge in [0.05, 0.1) is 0 Å². The molecule has 0 radical (unpaired) electrons. The van der Waals surface area contributed by atoms with E-state index in [1.165, 1.54) is 4.90 Å². The summed E-state index contributed by atoms with van der Waals surface area (Å²) < 4.78 is 0. The van der Waals surface area contributed by atoms with Crippen LogP contribution in [-0.4, -0.2) is 23.8 Å². The Bertz CT molecular complexity index is 1140. The van der Waals surface area contributed by atoms with Crippen LogP contribution in [0.15, 0.2) is 78.9 Å². The molecule has 1 fully saturated rings. The highest BCUT2D eigenvalue weighted by molar-refractivity contribution is 6.08. The van der Waals surface area contributed by atoms with Crippen LogP contribution in [-0.2, 0) is 14.4 Å². The molecule has 0 spiro atoms. The molecule has 1 aliphatic rings. The zero-order valence-corrected chi connectivity index (χ0v) is 18.7. The van der Waals surface area contributed by atoms with Gasteiger partial charge in [0.2, 0.25) is 5.91 Å². The second-order valence-corrected chi connectivity index (χ2v) is 8.27.